The maximum Gasteiger partial charge on any atom is 0.410 e. The number of likely N-dealkylation sites (tertiary alicyclic amines) is 1. The SMILES string of the molecule is C[S@@](=O)/N=C1/c2ccccc2OC12CCN(C(=O)OC(C)(C)C)CC2. The summed E-state index contributed by atoms with van der Waals surface area (Å²) >= 11 is 0. The number of hydrogen-bond donors (Lipinski definition) is 0. The summed E-state index contributed by atoms with van der Waals surface area (Å²) in [6.45, 7) is 6.59. The second-order valence-corrected chi connectivity index (χ2v) is 8.45. The molecule has 1 aromatic rings. The van der Waals surface area contributed by atoms with Crippen molar-refractivity contribution in [3.63, 3.8) is 0 Å². The molecular weight excluding hydrogens is 340 g/mol. The smallest absolute Gasteiger partial charge is 0.410 e. The molecule has 1 spiro atoms. The molecule has 0 N–H and O–H groups in total. The topological polar surface area (TPSA) is 68.2 Å². The van der Waals surface area contributed by atoms with E-state index in [1.165, 1.54) is 0 Å². The second-order valence-electron chi connectivity index (χ2n) is 7.42. The van der Waals surface area contributed by atoms with Gasteiger partial charge in [-0.05, 0) is 32.9 Å². The molecule has 25 heavy (non-hydrogen) atoms. The Bertz CT molecular complexity index is 731. The van der Waals surface area contributed by atoms with Crippen molar-refractivity contribution in [2.45, 2.75) is 44.8 Å². The molecule has 0 radical (unpaired) electrons. The molecule has 2 heterocycles. The first-order valence-electron chi connectivity index (χ1n) is 8.39. The number of fused-ring (bicyclic) bond motifs is 1. The van der Waals surface area contributed by atoms with Gasteiger partial charge in [-0.2, -0.15) is 4.40 Å². The Morgan fingerprint density at radius 3 is 2.52 bits per heavy atom. The van der Waals surface area contributed by atoms with Crippen molar-refractivity contribution in [2.24, 2.45) is 4.40 Å². The molecule has 2 aliphatic rings. The van der Waals surface area contributed by atoms with Crippen LogP contribution in [-0.2, 0) is 15.7 Å². The van der Waals surface area contributed by atoms with Gasteiger partial charge in [0.15, 0.2) is 5.60 Å². The predicted octanol–water partition coefficient (Wildman–Crippen LogP) is 2.93. The van der Waals surface area contributed by atoms with Gasteiger partial charge >= 0.3 is 6.09 Å². The molecule has 0 aliphatic carbocycles. The standard InChI is InChI=1S/C18H24N2O4S/c1-17(2,3)24-16(21)20-11-9-18(10-12-20)15(19-25(4)22)13-7-5-6-8-14(13)23-18/h5-8H,9-12H2,1-4H3/b19-15-/t25-/m1/s1. The first-order chi connectivity index (χ1) is 11.7. The third-order valence-corrected chi connectivity index (χ3v) is 4.76. The highest BCUT2D eigenvalue weighted by atomic mass is 32.2. The molecule has 1 saturated heterocycles. The van der Waals surface area contributed by atoms with Gasteiger partial charge in [0.05, 0.1) is 0 Å². The molecule has 1 aromatic carbocycles. The number of ether oxygens (including phenoxy) is 2. The number of nitrogens with zero attached hydrogens (tertiary/aromatic N) is 2. The summed E-state index contributed by atoms with van der Waals surface area (Å²) in [5.41, 5.74) is 0.488. The van der Waals surface area contributed by atoms with Crippen molar-refractivity contribution in [2.75, 3.05) is 19.3 Å². The second kappa shape index (κ2) is 6.44. The van der Waals surface area contributed by atoms with Crippen LogP contribution < -0.4 is 4.74 Å². The largest absolute Gasteiger partial charge is 0.480 e. The van der Waals surface area contributed by atoms with Gasteiger partial charge in [0, 0.05) is 37.8 Å². The molecule has 3 rings (SSSR count). The van der Waals surface area contributed by atoms with Crippen LogP contribution in [0, 0.1) is 0 Å². The summed E-state index contributed by atoms with van der Waals surface area (Å²) in [5.74, 6) is 0.761. The third kappa shape index (κ3) is 3.71. The van der Waals surface area contributed by atoms with Crippen molar-refractivity contribution >= 4 is 22.8 Å². The molecule has 0 saturated carbocycles. The van der Waals surface area contributed by atoms with Crippen LogP contribution in [0.1, 0.15) is 39.2 Å². The average molecular weight is 364 g/mol. The van der Waals surface area contributed by atoms with Crippen molar-refractivity contribution in [1.82, 2.24) is 4.90 Å². The van der Waals surface area contributed by atoms with Crippen LogP contribution in [0.15, 0.2) is 28.7 Å². The Morgan fingerprint density at radius 1 is 1.28 bits per heavy atom. The Hall–Kier alpha value is -1.89. The van der Waals surface area contributed by atoms with Gasteiger partial charge in [0.25, 0.3) is 0 Å². The maximum atomic E-state index is 12.3. The number of carbonyl (C=O) groups excluding carboxylic acids is 1. The highest BCUT2D eigenvalue weighted by Crippen LogP contribution is 2.41. The van der Waals surface area contributed by atoms with Gasteiger partial charge in [-0.15, -0.1) is 0 Å². The molecule has 6 nitrogen and oxygen atoms in total. The fourth-order valence-corrected chi connectivity index (χ4v) is 3.75. The number of rotatable bonds is 1. The number of hydrogen-bond acceptors (Lipinski definition) is 4. The molecule has 1 atom stereocenters. The minimum Gasteiger partial charge on any atom is -0.480 e. The van der Waals surface area contributed by atoms with E-state index in [-0.39, 0.29) is 6.09 Å². The van der Waals surface area contributed by atoms with E-state index < -0.39 is 22.2 Å². The first kappa shape index (κ1) is 17.9. The minimum absolute atomic E-state index is 0.310. The molecule has 0 unspecified atom stereocenters. The Labute approximate surface area is 150 Å². The van der Waals surface area contributed by atoms with Gasteiger partial charge in [-0.1, -0.05) is 12.1 Å². The lowest BCUT2D eigenvalue weighted by Crippen LogP contribution is -2.53. The van der Waals surface area contributed by atoms with Crippen LogP contribution in [0.3, 0.4) is 0 Å². The van der Waals surface area contributed by atoms with Crippen molar-refractivity contribution in [1.29, 1.82) is 0 Å². The lowest BCUT2D eigenvalue weighted by atomic mass is 9.85. The zero-order chi connectivity index (χ0) is 18.2. The summed E-state index contributed by atoms with van der Waals surface area (Å²) in [4.78, 5) is 14.0. The van der Waals surface area contributed by atoms with Crippen LogP contribution in [0.4, 0.5) is 4.79 Å². The van der Waals surface area contributed by atoms with E-state index in [1.807, 2.05) is 45.0 Å². The number of carbonyl (C=O) groups is 1. The lowest BCUT2D eigenvalue weighted by molar-refractivity contribution is 0.00608. The van der Waals surface area contributed by atoms with Crippen molar-refractivity contribution in [3.05, 3.63) is 29.8 Å². The van der Waals surface area contributed by atoms with E-state index in [9.17, 15) is 9.00 Å². The highest BCUT2D eigenvalue weighted by Gasteiger charge is 2.48. The van der Waals surface area contributed by atoms with Gasteiger partial charge < -0.3 is 14.4 Å². The summed E-state index contributed by atoms with van der Waals surface area (Å²) in [5, 5.41) is 0. The molecule has 136 valence electrons. The van der Waals surface area contributed by atoms with Gasteiger partial charge in [0.1, 0.15) is 28.0 Å². The Balaban J connectivity index is 1.80. The molecule has 0 bridgehead atoms. The molecule has 0 aromatic heterocycles. The zero-order valence-corrected chi connectivity index (χ0v) is 15.9. The zero-order valence-electron chi connectivity index (χ0n) is 15.1. The minimum atomic E-state index is -1.32. The maximum absolute atomic E-state index is 12.3. The van der Waals surface area contributed by atoms with E-state index in [4.69, 9.17) is 9.47 Å². The summed E-state index contributed by atoms with van der Waals surface area (Å²) in [6.07, 6.45) is 2.43. The fourth-order valence-electron chi connectivity index (χ4n) is 3.23. The molecule has 1 amide bonds. The average Bonchev–Trinajstić information content (AvgIpc) is 2.79. The molecular formula is C18H24N2O4S. The van der Waals surface area contributed by atoms with E-state index in [2.05, 4.69) is 4.40 Å². The first-order valence-corrected chi connectivity index (χ1v) is 9.91. The van der Waals surface area contributed by atoms with Crippen LogP contribution in [0.2, 0.25) is 0 Å². The Morgan fingerprint density at radius 2 is 1.92 bits per heavy atom. The van der Waals surface area contributed by atoms with Crippen LogP contribution in [0.5, 0.6) is 5.75 Å². The monoisotopic (exact) mass is 364 g/mol. The Kier molecular flexibility index (Phi) is 4.62. The van der Waals surface area contributed by atoms with E-state index in [0.717, 1.165) is 17.0 Å². The molecule has 7 heteroatoms. The third-order valence-electron chi connectivity index (χ3n) is 4.32. The van der Waals surface area contributed by atoms with Crippen LogP contribution in [0.25, 0.3) is 0 Å². The number of amides is 1. The summed E-state index contributed by atoms with van der Waals surface area (Å²) < 4.78 is 27.8. The number of para-hydroxylation sites is 1. The molecule has 1 fully saturated rings. The van der Waals surface area contributed by atoms with E-state index >= 15 is 0 Å². The van der Waals surface area contributed by atoms with Crippen LogP contribution >= 0.6 is 0 Å². The van der Waals surface area contributed by atoms with Crippen LogP contribution in [-0.4, -0.2) is 51.5 Å². The normalized spacial score (nSPS) is 21.8. The predicted molar refractivity (Wildman–Crippen MR) is 97.4 cm³/mol. The van der Waals surface area contributed by atoms with E-state index in [1.54, 1.807) is 11.2 Å². The highest BCUT2D eigenvalue weighted by molar-refractivity contribution is 7.83. The molecule has 2 aliphatic heterocycles. The van der Waals surface area contributed by atoms with Gasteiger partial charge in [-0.3, -0.25) is 0 Å². The van der Waals surface area contributed by atoms with Gasteiger partial charge in [-0.25, -0.2) is 9.00 Å². The van der Waals surface area contributed by atoms with Gasteiger partial charge in [0.2, 0.25) is 0 Å². The van der Waals surface area contributed by atoms with E-state index in [0.29, 0.717) is 25.9 Å². The lowest BCUT2D eigenvalue weighted by Gasteiger charge is -2.39. The van der Waals surface area contributed by atoms with Crippen molar-refractivity contribution in [3.8, 4) is 5.75 Å². The van der Waals surface area contributed by atoms with Crippen molar-refractivity contribution < 1.29 is 18.5 Å². The summed E-state index contributed by atoms with van der Waals surface area (Å²) in [7, 11) is -1.32. The quantitative estimate of drug-likeness (QED) is 0.768. The number of benzene rings is 1. The summed E-state index contributed by atoms with van der Waals surface area (Å²) in [6, 6.07) is 7.67. The fraction of sp³-hybridized carbons (Fsp3) is 0.556. The number of piperidine rings is 1.